The van der Waals surface area contributed by atoms with E-state index in [0.29, 0.717) is 18.7 Å². The Morgan fingerprint density at radius 1 is 1.14 bits per heavy atom. The number of anilines is 1. The number of nitrogens with two attached hydrogens (primary N) is 1. The number of nitrogens with zero attached hydrogens (tertiary/aromatic N) is 1. The van der Waals surface area contributed by atoms with Crippen LogP contribution in [0.1, 0.15) is 18.1 Å². The van der Waals surface area contributed by atoms with Gasteiger partial charge in [0.05, 0.1) is 5.69 Å². The summed E-state index contributed by atoms with van der Waals surface area (Å²) < 4.78 is 15.3. The van der Waals surface area contributed by atoms with Crippen LogP contribution in [-0.2, 0) is 13.0 Å². The standard InChI is InChI=1S/C17H20BrFN2/c1-12(20)9-14-5-8-17(16(19)10-14)21(2)11-13-3-6-15(18)7-4-13/h3-8,10,12H,9,11,20H2,1-2H3. The molecular formula is C17H20BrFN2. The van der Waals surface area contributed by atoms with Gasteiger partial charge in [-0.3, -0.25) is 0 Å². The molecule has 0 aliphatic carbocycles. The van der Waals surface area contributed by atoms with Gasteiger partial charge in [-0.15, -0.1) is 0 Å². The van der Waals surface area contributed by atoms with Crippen LogP contribution in [-0.4, -0.2) is 13.1 Å². The lowest BCUT2D eigenvalue weighted by Gasteiger charge is -2.21. The molecule has 1 atom stereocenters. The van der Waals surface area contributed by atoms with Crippen molar-refractivity contribution in [2.45, 2.75) is 25.9 Å². The predicted octanol–water partition coefficient (Wildman–Crippen LogP) is 4.11. The van der Waals surface area contributed by atoms with E-state index in [4.69, 9.17) is 5.73 Å². The molecule has 2 aromatic carbocycles. The van der Waals surface area contributed by atoms with Gasteiger partial charge in [-0.2, -0.15) is 0 Å². The Morgan fingerprint density at radius 3 is 2.33 bits per heavy atom. The van der Waals surface area contributed by atoms with Gasteiger partial charge in [0.2, 0.25) is 0 Å². The van der Waals surface area contributed by atoms with Gasteiger partial charge in [-0.25, -0.2) is 4.39 Å². The SMILES string of the molecule is CC(N)Cc1ccc(N(C)Cc2ccc(Br)cc2)c(F)c1. The maximum absolute atomic E-state index is 14.2. The lowest BCUT2D eigenvalue weighted by Crippen LogP contribution is -2.19. The van der Waals surface area contributed by atoms with Crippen LogP contribution in [0.15, 0.2) is 46.9 Å². The summed E-state index contributed by atoms with van der Waals surface area (Å²) >= 11 is 3.41. The van der Waals surface area contributed by atoms with E-state index < -0.39 is 0 Å². The highest BCUT2D eigenvalue weighted by Crippen LogP contribution is 2.22. The molecule has 0 fully saturated rings. The largest absolute Gasteiger partial charge is 0.368 e. The molecule has 0 saturated heterocycles. The molecule has 2 N–H and O–H groups in total. The second-order valence-electron chi connectivity index (χ2n) is 5.45. The number of halogens is 2. The molecular weight excluding hydrogens is 331 g/mol. The average molecular weight is 351 g/mol. The Balaban J connectivity index is 2.11. The second-order valence-corrected chi connectivity index (χ2v) is 6.37. The summed E-state index contributed by atoms with van der Waals surface area (Å²) in [5.41, 5.74) is 8.43. The van der Waals surface area contributed by atoms with Crippen molar-refractivity contribution in [1.82, 2.24) is 0 Å². The normalized spacial score (nSPS) is 12.2. The van der Waals surface area contributed by atoms with Crippen molar-refractivity contribution in [3.63, 3.8) is 0 Å². The molecule has 0 aliphatic heterocycles. The Labute approximate surface area is 133 Å². The second kappa shape index (κ2) is 7.05. The molecule has 0 radical (unpaired) electrons. The van der Waals surface area contributed by atoms with Crippen LogP contribution in [0.3, 0.4) is 0 Å². The Hall–Kier alpha value is -1.39. The summed E-state index contributed by atoms with van der Waals surface area (Å²) in [6, 6.07) is 13.4. The summed E-state index contributed by atoms with van der Waals surface area (Å²) in [7, 11) is 1.89. The summed E-state index contributed by atoms with van der Waals surface area (Å²) in [6.45, 7) is 2.59. The zero-order valence-corrected chi connectivity index (χ0v) is 13.9. The minimum atomic E-state index is -0.201. The maximum Gasteiger partial charge on any atom is 0.146 e. The van der Waals surface area contributed by atoms with E-state index in [1.165, 1.54) is 0 Å². The van der Waals surface area contributed by atoms with E-state index in [1.807, 2.05) is 55.3 Å². The first-order valence-corrected chi connectivity index (χ1v) is 7.74. The third kappa shape index (κ3) is 4.55. The highest BCUT2D eigenvalue weighted by Gasteiger charge is 2.10. The maximum atomic E-state index is 14.2. The van der Waals surface area contributed by atoms with Crippen LogP contribution in [0, 0.1) is 5.82 Å². The average Bonchev–Trinajstić information content (AvgIpc) is 2.40. The minimum Gasteiger partial charge on any atom is -0.368 e. The highest BCUT2D eigenvalue weighted by atomic mass is 79.9. The van der Waals surface area contributed by atoms with Crippen LogP contribution in [0.5, 0.6) is 0 Å². The smallest absolute Gasteiger partial charge is 0.146 e. The van der Waals surface area contributed by atoms with Gasteiger partial charge in [0.1, 0.15) is 5.82 Å². The van der Waals surface area contributed by atoms with Crippen molar-refractivity contribution in [2.75, 3.05) is 11.9 Å². The fourth-order valence-corrected chi connectivity index (χ4v) is 2.57. The molecule has 21 heavy (non-hydrogen) atoms. The predicted molar refractivity (Wildman–Crippen MR) is 90.0 cm³/mol. The fraction of sp³-hybridized carbons (Fsp3) is 0.294. The first-order chi connectivity index (χ1) is 9.95. The quantitative estimate of drug-likeness (QED) is 0.878. The third-order valence-corrected chi connectivity index (χ3v) is 3.84. The molecule has 0 saturated carbocycles. The molecule has 2 rings (SSSR count). The lowest BCUT2D eigenvalue weighted by atomic mass is 10.1. The molecule has 2 nitrogen and oxygen atoms in total. The fourth-order valence-electron chi connectivity index (χ4n) is 2.31. The van der Waals surface area contributed by atoms with Crippen molar-refractivity contribution in [3.05, 3.63) is 63.9 Å². The number of rotatable bonds is 5. The van der Waals surface area contributed by atoms with Crippen molar-refractivity contribution < 1.29 is 4.39 Å². The van der Waals surface area contributed by atoms with Crippen LogP contribution in [0.25, 0.3) is 0 Å². The van der Waals surface area contributed by atoms with Crippen LogP contribution >= 0.6 is 15.9 Å². The summed E-state index contributed by atoms with van der Waals surface area (Å²) in [5, 5.41) is 0. The molecule has 0 aliphatic rings. The summed E-state index contributed by atoms with van der Waals surface area (Å²) in [6.07, 6.45) is 0.688. The van der Waals surface area contributed by atoms with E-state index in [1.54, 1.807) is 6.07 Å². The molecule has 2 aromatic rings. The molecule has 0 heterocycles. The van der Waals surface area contributed by atoms with Crippen molar-refractivity contribution >= 4 is 21.6 Å². The van der Waals surface area contributed by atoms with Crippen LogP contribution < -0.4 is 10.6 Å². The van der Waals surface area contributed by atoms with Gasteiger partial charge in [-0.1, -0.05) is 34.1 Å². The first kappa shape index (κ1) is 16.0. The van der Waals surface area contributed by atoms with Crippen molar-refractivity contribution in [1.29, 1.82) is 0 Å². The van der Waals surface area contributed by atoms with E-state index >= 15 is 0 Å². The molecule has 112 valence electrons. The molecule has 1 unspecified atom stereocenters. The highest BCUT2D eigenvalue weighted by molar-refractivity contribution is 9.10. The van der Waals surface area contributed by atoms with Gasteiger partial charge >= 0.3 is 0 Å². The van der Waals surface area contributed by atoms with Gasteiger partial charge in [0.15, 0.2) is 0 Å². The summed E-state index contributed by atoms with van der Waals surface area (Å²) in [5.74, 6) is -0.201. The molecule has 0 aromatic heterocycles. The van der Waals surface area contributed by atoms with E-state index in [-0.39, 0.29) is 11.9 Å². The molecule has 0 amide bonds. The van der Waals surface area contributed by atoms with E-state index in [2.05, 4.69) is 15.9 Å². The minimum absolute atomic E-state index is 0.0377. The molecule has 0 spiro atoms. The number of hydrogen-bond acceptors (Lipinski definition) is 2. The first-order valence-electron chi connectivity index (χ1n) is 6.95. The Bertz CT molecular complexity index is 596. The van der Waals surface area contributed by atoms with Crippen molar-refractivity contribution in [3.8, 4) is 0 Å². The number of hydrogen-bond donors (Lipinski definition) is 1. The van der Waals surface area contributed by atoms with Gasteiger partial charge < -0.3 is 10.6 Å². The summed E-state index contributed by atoms with van der Waals surface area (Å²) in [4.78, 5) is 1.91. The van der Waals surface area contributed by atoms with Gasteiger partial charge in [0, 0.05) is 24.1 Å². The molecule has 0 bridgehead atoms. The van der Waals surface area contributed by atoms with E-state index in [0.717, 1.165) is 15.6 Å². The monoisotopic (exact) mass is 350 g/mol. The zero-order chi connectivity index (χ0) is 15.4. The van der Waals surface area contributed by atoms with Crippen molar-refractivity contribution in [2.24, 2.45) is 5.73 Å². The van der Waals surface area contributed by atoms with E-state index in [9.17, 15) is 4.39 Å². The third-order valence-electron chi connectivity index (χ3n) is 3.31. The van der Waals surface area contributed by atoms with Gasteiger partial charge in [0.25, 0.3) is 0 Å². The number of benzene rings is 2. The molecule has 4 heteroatoms. The van der Waals surface area contributed by atoms with Gasteiger partial charge in [-0.05, 0) is 48.7 Å². The van der Waals surface area contributed by atoms with Crippen LogP contribution in [0.2, 0.25) is 0 Å². The Kier molecular flexibility index (Phi) is 5.37. The van der Waals surface area contributed by atoms with Crippen LogP contribution in [0.4, 0.5) is 10.1 Å². The lowest BCUT2D eigenvalue weighted by molar-refractivity contribution is 0.617. The Morgan fingerprint density at radius 2 is 1.76 bits per heavy atom. The zero-order valence-electron chi connectivity index (χ0n) is 12.3. The topological polar surface area (TPSA) is 29.3 Å².